The van der Waals surface area contributed by atoms with E-state index in [9.17, 15) is 13.2 Å². The van der Waals surface area contributed by atoms with Crippen LogP contribution in [0.5, 0.6) is 0 Å². The summed E-state index contributed by atoms with van der Waals surface area (Å²) >= 11 is 4.25. The zero-order chi connectivity index (χ0) is 17.0. The maximum atomic E-state index is 12.2. The van der Waals surface area contributed by atoms with Crippen LogP contribution in [0.4, 0.5) is 5.69 Å². The quantitative estimate of drug-likeness (QED) is 0.725. The van der Waals surface area contributed by atoms with Gasteiger partial charge in [-0.15, -0.1) is 10.2 Å². The second-order valence-corrected chi connectivity index (χ2v) is 9.54. The minimum atomic E-state index is -3.74. The number of primary sulfonamides is 1. The zero-order valence-electron chi connectivity index (χ0n) is 12.2. The number of nitrogens with one attached hydrogen (secondary N) is 1. The number of carbonyl (C=O) groups is 1. The maximum Gasteiger partial charge on any atom is 0.238 e. The summed E-state index contributed by atoms with van der Waals surface area (Å²) in [5.74, 6) is -0.209. The summed E-state index contributed by atoms with van der Waals surface area (Å²) in [6.45, 7) is 1.76. The number of benzene rings is 1. The van der Waals surface area contributed by atoms with Crippen molar-refractivity contribution in [1.82, 2.24) is 10.2 Å². The van der Waals surface area contributed by atoms with Gasteiger partial charge in [-0.05, 0) is 37.4 Å². The Morgan fingerprint density at radius 2 is 1.87 bits per heavy atom. The number of carbonyl (C=O) groups excluding carboxylic acids is 1. The van der Waals surface area contributed by atoms with Crippen molar-refractivity contribution in [1.29, 1.82) is 0 Å². The van der Waals surface area contributed by atoms with Crippen molar-refractivity contribution in [2.24, 2.45) is 5.14 Å². The molecule has 0 spiro atoms. The van der Waals surface area contributed by atoms with Gasteiger partial charge in [0.2, 0.25) is 15.9 Å². The molecule has 0 saturated heterocycles. The number of nitrogens with zero attached hydrogens (tertiary/aromatic N) is 2. The summed E-state index contributed by atoms with van der Waals surface area (Å²) < 4.78 is 23.9. The molecule has 23 heavy (non-hydrogen) atoms. The molecule has 2 rings (SSSR count). The first-order valence-electron chi connectivity index (χ1n) is 6.27. The lowest BCUT2D eigenvalue weighted by Gasteiger charge is -2.10. The van der Waals surface area contributed by atoms with Gasteiger partial charge in [-0.1, -0.05) is 34.9 Å². The Bertz CT molecular complexity index is 789. The van der Waals surface area contributed by atoms with Crippen LogP contribution in [0, 0.1) is 0 Å². The van der Waals surface area contributed by atoms with E-state index >= 15 is 0 Å². The summed E-state index contributed by atoms with van der Waals surface area (Å²) in [6, 6.07) is 5.67. The molecule has 0 aliphatic carbocycles. The van der Waals surface area contributed by atoms with E-state index in [1.165, 1.54) is 59.1 Å². The van der Waals surface area contributed by atoms with Gasteiger partial charge in [0.25, 0.3) is 0 Å². The van der Waals surface area contributed by atoms with Gasteiger partial charge in [0.15, 0.2) is 8.68 Å². The van der Waals surface area contributed by atoms with Crippen LogP contribution in [-0.2, 0) is 14.8 Å². The SMILES string of the molecule is CSc1nnc(S[C@H](C)C(=O)Nc2ccc(S(N)(=O)=O)cc2)s1. The molecule has 0 aliphatic heterocycles. The number of anilines is 1. The van der Waals surface area contributed by atoms with Crippen molar-refractivity contribution in [3.05, 3.63) is 24.3 Å². The third kappa shape index (κ3) is 5.18. The Labute approximate surface area is 146 Å². The number of nitrogens with two attached hydrogens (primary N) is 1. The van der Waals surface area contributed by atoms with E-state index in [0.29, 0.717) is 5.69 Å². The Hall–Kier alpha value is -1.14. The molecule has 2 aromatic rings. The first-order valence-corrected chi connectivity index (χ1v) is 10.7. The lowest BCUT2D eigenvalue weighted by atomic mass is 10.3. The van der Waals surface area contributed by atoms with E-state index in [-0.39, 0.29) is 16.1 Å². The highest BCUT2D eigenvalue weighted by molar-refractivity contribution is 8.03. The van der Waals surface area contributed by atoms with Crippen molar-refractivity contribution in [3.8, 4) is 0 Å². The predicted octanol–water partition coefficient (Wildman–Crippen LogP) is 2.03. The fourth-order valence-electron chi connectivity index (χ4n) is 1.50. The fourth-order valence-corrected chi connectivity index (χ4v) is 4.60. The molecule has 1 atom stereocenters. The number of aromatic nitrogens is 2. The molecule has 0 unspecified atom stereocenters. The second kappa shape index (κ2) is 7.62. The van der Waals surface area contributed by atoms with E-state index in [1.807, 2.05) is 6.26 Å². The van der Waals surface area contributed by atoms with Crippen molar-refractivity contribution in [3.63, 3.8) is 0 Å². The molecule has 3 N–H and O–H groups in total. The predicted molar refractivity (Wildman–Crippen MR) is 93.5 cm³/mol. The van der Waals surface area contributed by atoms with Gasteiger partial charge < -0.3 is 5.32 Å². The molecule has 0 fully saturated rings. The minimum absolute atomic E-state index is 0.00335. The highest BCUT2D eigenvalue weighted by atomic mass is 32.2. The van der Waals surface area contributed by atoms with Crippen molar-refractivity contribution in [2.75, 3.05) is 11.6 Å². The molecule has 11 heteroatoms. The molecule has 0 bridgehead atoms. The van der Waals surface area contributed by atoms with E-state index in [1.54, 1.807) is 6.92 Å². The highest BCUT2D eigenvalue weighted by Gasteiger charge is 2.17. The van der Waals surface area contributed by atoms with Crippen LogP contribution in [-0.4, -0.2) is 36.0 Å². The highest BCUT2D eigenvalue weighted by Crippen LogP contribution is 2.30. The number of amides is 1. The first-order chi connectivity index (χ1) is 10.8. The molecule has 1 aromatic heterocycles. The Kier molecular flexibility index (Phi) is 6.03. The topological polar surface area (TPSA) is 115 Å². The third-order valence-electron chi connectivity index (χ3n) is 2.66. The van der Waals surface area contributed by atoms with Gasteiger partial charge in [-0.2, -0.15) is 0 Å². The van der Waals surface area contributed by atoms with Gasteiger partial charge in [-0.3, -0.25) is 4.79 Å². The third-order valence-corrected chi connectivity index (χ3v) is 6.67. The molecule has 1 aromatic carbocycles. The van der Waals surface area contributed by atoms with E-state index in [2.05, 4.69) is 15.5 Å². The van der Waals surface area contributed by atoms with Crippen LogP contribution in [0.15, 0.2) is 37.8 Å². The molecule has 1 heterocycles. The molecular formula is C12H14N4O3S4. The second-order valence-electron chi connectivity index (χ2n) is 4.36. The number of hydrogen-bond donors (Lipinski definition) is 2. The number of sulfonamides is 1. The number of rotatable bonds is 6. The molecule has 7 nitrogen and oxygen atoms in total. The zero-order valence-corrected chi connectivity index (χ0v) is 15.5. The number of hydrogen-bond acceptors (Lipinski definition) is 8. The van der Waals surface area contributed by atoms with Crippen LogP contribution in [0.3, 0.4) is 0 Å². The molecular weight excluding hydrogens is 376 g/mol. The monoisotopic (exact) mass is 390 g/mol. The van der Waals surface area contributed by atoms with Gasteiger partial charge >= 0.3 is 0 Å². The summed E-state index contributed by atoms with van der Waals surface area (Å²) in [5.41, 5.74) is 0.497. The smallest absolute Gasteiger partial charge is 0.238 e. The lowest BCUT2D eigenvalue weighted by molar-refractivity contribution is -0.115. The Morgan fingerprint density at radius 3 is 2.39 bits per heavy atom. The van der Waals surface area contributed by atoms with Crippen LogP contribution in [0.1, 0.15) is 6.92 Å². The van der Waals surface area contributed by atoms with Crippen LogP contribution < -0.4 is 10.5 Å². The van der Waals surface area contributed by atoms with Crippen LogP contribution >= 0.6 is 34.9 Å². The molecule has 124 valence electrons. The van der Waals surface area contributed by atoms with E-state index < -0.39 is 10.0 Å². The van der Waals surface area contributed by atoms with Gasteiger partial charge in [0.05, 0.1) is 10.1 Å². The first kappa shape index (κ1) is 18.2. The molecule has 1 amide bonds. The maximum absolute atomic E-state index is 12.2. The lowest BCUT2D eigenvalue weighted by Crippen LogP contribution is -2.22. The van der Waals surface area contributed by atoms with Crippen molar-refractivity contribution >= 4 is 56.5 Å². The van der Waals surface area contributed by atoms with Crippen LogP contribution in [0.2, 0.25) is 0 Å². The summed E-state index contributed by atoms with van der Waals surface area (Å²) in [4.78, 5) is 12.1. The average Bonchev–Trinajstić information content (AvgIpc) is 2.94. The van der Waals surface area contributed by atoms with Gasteiger partial charge in [-0.25, -0.2) is 13.6 Å². The standard InChI is InChI=1S/C12H14N4O3S4/c1-7(21-12-16-15-11(20-2)22-12)10(17)14-8-3-5-9(6-4-8)23(13,18)19/h3-7H,1-2H3,(H,14,17)(H2,13,18,19)/t7-/m1/s1. The normalized spacial score (nSPS) is 12.8. The van der Waals surface area contributed by atoms with Crippen molar-refractivity contribution in [2.45, 2.75) is 25.7 Å². The average molecular weight is 391 g/mol. The summed E-state index contributed by atoms with van der Waals surface area (Å²) in [7, 11) is -3.74. The minimum Gasteiger partial charge on any atom is -0.325 e. The molecule has 0 radical (unpaired) electrons. The molecule has 0 saturated carbocycles. The van der Waals surface area contributed by atoms with E-state index in [0.717, 1.165) is 8.68 Å². The van der Waals surface area contributed by atoms with Gasteiger partial charge in [0.1, 0.15) is 0 Å². The van der Waals surface area contributed by atoms with Crippen LogP contribution in [0.25, 0.3) is 0 Å². The summed E-state index contributed by atoms with van der Waals surface area (Å²) in [5, 5.41) is 15.4. The fraction of sp³-hybridized carbons (Fsp3) is 0.250. The molecule has 0 aliphatic rings. The summed E-state index contributed by atoms with van der Waals surface area (Å²) in [6.07, 6.45) is 1.91. The Morgan fingerprint density at radius 1 is 1.26 bits per heavy atom. The van der Waals surface area contributed by atoms with Gasteiger partial charge in [0, 0.05) is 5.69 Å². The Balaban J connectivity index is 1.97. The number of thioether (sulfide) groups is 2. The largest absolute Gasteiger partial charge is 0.325 e. The van der Waals surface area contributed by atoms with E-state index in [4.69, 9.17) is 5.14 Å². The van der Waals surface area contributed by atoms with Crippen molar-refractivity contribution < 1.29 is 13.2 Å².